The fourth-order valence-electron chi connectivity index (χ4n) is 2.11. The summed E-state index contributed by atoms with van der Waals surface area (Å²) in [5, 5.41) is 2.58. The van der Waals surface area contributed by atoms with Gasteiger partial charge in [-0.1, -0.05) is 12.1 Å². The minimum Gasteiger partial charge on any atom is -0.338 e. The first-order valence-corrected chi connectivity index (χ1v) is 6.33. The van der Waals surface area contributed by atoms with E-state index in [1.54, 1.807) is 12.1 Å². The van der Waals surface area contributed by atoms with E-state index >= 15 is 0 Å². The van der Waals surface area contributed by atoms with E-state index in [2.05, 4.69) is 15.3 Å². The normalized spacial score (nSPS) is 11.2. The number of fused-ring (bicyclic) bond motifs is 1. The van der Waals surface area contributed by atoms with Crippen molar-refractivity contribution in [2.45, 2.75) is 13.0 Å². The second-order valence-corrected chi connectivity index (χ2v) is 4.49. The molecule has 0 aliphatic rings. The number of rotatable bonds is 4. The zero-order valence-electron chi connectivity index (χ0n) is 10.9. The van der Waals surface area contributed by atoms with Crippen LogP contribution in [0.15, 0.2) is 42.6 Å². The Hall–Kier alpha value is -2.70. The van der Waals surface area contributed by atoms with E-state index in [0.717, 1.165) is 11.0 Å². The first-order valence-electron chi connectivity index (χ1n) is 6.33. The Labute approximate surface area is 118 Å². The van der Waals surface area contributed by atoms with Crippen molar-refractivity contribution in [1.82, 2.24) is 14.5 Å². The zero-order valence-corrected chi connectivity index (χ0v) is 10.9. The Morgan fingerprint density at radius 3 is 2.86 bits per heavy atom. The van der Waals surface area contributed by atoms with Crippen LogP contribution < -0.4 is 5.32 Å². The molecule has 0 aliphatic heterocycles. The van der Waals surface area contributed by atoms with Crippen molar-refractivity contribution in [2.75, 3.05) is 5.32 Å². The number of para-hydroxylation sites is 2. The predicted octanol–water partition coefficient (Wildman–Crippen LogP) is 2.88. The Balaban J connectivity index is 1.81. The highest BCUT2D eigenvalue weighted by atomic mass is 19.3. The first-order chi connectivity index (χ1) is 10.1. The average Bonchev–Trinajstić information content (AvgIpc) is 3.03. The van der Waals surface area contributed by atoms with Crippen molar-refractivity contribution >= 4 is 22.9 Å². The Kier molecular flexibility index (Phi) is 3.39. The number of hydrogen-bond acceptors (Lipinski definition) is 2. The highest BCUT2D eigenvalue weighted by molar-refractivity contribution is 6.02. The smallest absolute Gasteiger partial charge is 0.274 e. The third kappa shape index (κ3) is 2.76. The number of aromatic amines is 1. The molecule has 3 rings (SSSR count). The molecule has 0 saturated heterocycles. The number of imidazole rings is 1. The third-order valence-corrected chi connectivity index (χ3v) is 3.02. The number of alkyl halides is 2. The van der Waals surface area contributed by atoms with Gasteiger partial charge in [0.1, 0.15) is 5.69 Å². The van der Waals surface area contributed by atoms with E-state index in [0.29, 0.717) is 0 Å². The number of halogens is 2. The summed E-state index contributed by atoms with van der Waals surface area (Å²) in [5.41, 5.74) is 1.67. The predicted molar refractivity (Wildman–Crippen MR) is 74.5 cm³/mol. The van der Waals surface area contributed by atoms with Crippen LogP contribution >= 0.6 is 0 Å². The summed E-state index contributed by atoms with van der Waals surface area (Å²) in [4.78, 5) is 19.3. The topological polar surface area (TPSA) is 62.7 Å². The Morgan fingerprint density at radius 1 is 1.29 bits per heavy atom. The van der Waals surface area contributed by atoms with Crippen LogP contribution in [0.5, 0.6) is 0 Å². The molecule has 0 fully saturated rings. The van der Waals surface area contributed by atoms with Gasteiger partial charge in [0.2, 0.25) is 5.95 Å². The Bertz CT molecular complexity index is 745. The molecule has 3 aromatic rings. The van der Waals surface area contributed by atoms with Gasteiger partial charge < -0.3 is 9.55 Å². The third-order valence-electron chi connectivity index (χ3n) is 3.02. The zero-order chi connectivity index (χ0) is 14.8. The highest BCUT2D eigenvalue weighted by Gasteiger charge is 2.15. The second-order valence-electron chi connectivity index (χ2n) is 4.49. The molecule has 2 N–H and O–H groups in total. The molecule has 0 unspecified atom stereocenters. The summed E-state index contributed by atoms with van der Waals surface area (Å²) in [5.74, 6) is -0.203. The highest BCUT2D eigenvalue weighted by Crippen LogP contribution is 2.14. The van der Waals surface area contributed by atoms with Gasteiger partial charge in [-0.2, -0.15) is 0 Å². The molecule has 2 heterocycles. The molecule has 7 heteroatoms. The summed E-state index contributed by atoms with van der Waals surface area (Å²) >= 11 is 0. The first kappa shape index (κ1) is 13.3. The molecule has 1 aromatic carbocycles. The lowest BCUT2D eigenvalue weighted by atomic mass is 10.3. The van der Waals surface area contributed by atoms with Crippen LogP contribution in [0.25, 0.3) is 11.0 Å². The molecule has 0 bridgehead atoms. The maximum Gasteiger partial charge on any atom is 0.274 e. The van der Waals surface area contributed by atoms with Crippen LogP contribution in [-0.2, 0) is 6.54 Å². The largest absolute Gasteiger partial charge is 0.338 e. The molecule has 0 atom stereocenters. The van der Waals surface area contributed by atoms with E-state index < -0.39 is 18.9 Å². The quantitative estimate of drug-likeness (QED) is 0.776. The number of aromatic nitrogens is 3. The van der Waals surface area contributed by atoms with Gasteiger partial charge in [-0.15, -0.1) is 0 Å². The fraction of sp³-hybridized carbons (Fsp3) is 0.143. The summed E-state index contributed by atoms with van der Waals surface area (Å²) in [6.07, 6.45) is -1.07. The second kappa shape index (κ2) is 5.35. The van der Waals surface area contributed by atoms with E-state index in [-0.39, 0.29) is 11.6 Å². The minimum atomic E-state index is -2.52. The van der Waals surface area contributed by atoms with E-state index in [9.17, 15) is 13.6 Å². The SMILES string of the molecule is O=C(Nc1nc2ccccc2[nH]1)c1cccn1CC(F)F. The molecule has 1 amide bonds. The monoisotopic (exact) mass is 290 g/mol. The Morgan fingerprint density at radius 2 is 2.10 bits per heavy atom. The van der Waals surface area contributed by atoms with Crippen LogP contribution in [0, 0.1) is 0 Å². The van der Waals surface area contributed by atoms with Crippen molar-refractivity contribution in [2.24, 2.45) is 0 Å². The van der Waals surface area contributed by atoms with E-state index in [4.69, 9.17) is 0 Å². The molecule has 5 nitrogen and oxygen atoms in total. The number of nitrogens with zero attached hydrogens (tertiary/aromatic N) is 2. The summed E-state index contributed by atoms with van der Waals surface area (Å²) in [6.45, 7) is -0.518. The van der Waals surface area contributed by atoms with Crippen molar-refractivity contribution in [1.29, 1.82) is 0 Å². The van der Waals surface area contributed by atoms with Crippen molar-refractivity contribution < 1.29 is 13.6 Å². The standard InChI is InChI=1S/C14H12F2N4O/c15-12(16)8-20-7-3-6-11(20)13(21)19-14-17-9-4-1-2-5-10(9)18-14/h1-7,12H,8H2,(H2,17,18,19,21). The van der Waals surface area contributed by atoms with E-state index in [1.807, 2.05) is 18.2 Å². The van der Waals surface area contributed by atoms with Crippen molar-refractivity contribution in [3.05, 3.63) is 48.3 Å². The molecule has 0 radical (unpaired) electrons. The van der Waals surface area contributed by atoms with Gasteiger partial charge in [0.15, 0.2) is 0 Å². The molecule has 2 aromatic heterocycles. The van der Waals surface area contributed by atoms with E-state index in [1.165, 1.54) is 16.8 Å². The van der Waals surface area contributed by atoms with Gasteiger partial charge in [0, 0.05) is 6.20 Å². The maximum atomic E-state index is 12.4. The lowest BCUT2D eigenvalue weighted by Gasteiger charge is -2.07. The number of H-pyrrole nitrogens is 1. The molecule has 108 valence electrons. The van der Waals surface area contributed by atoms with Crippen LogP contribution in [0.4, 0.5) is 14.7 Å². The van der Waals surface area contributed by atoms with Crippen LogP contribution in [0.2, 0.25) is 0 Å². The lowest BCUT2D eigenvalue weighted by Crippen LogP contribution is -2.19. The van der Waals surface area contributed by atoms with Gasteiger partial charge in [-0.25, -0.2) is 13.8 Å². The van der Waals surface area contributed by atoms with Gasteiger partial charge in [-0.3, -0.25) is 10.1 Å². The van der Waals surface area contributed by atoms with Crippen molar-refractivity contribution in [3.8, 4) is 0 Å². The number of carbonyl (C=O) groups excluding carboxylic acids is 1. The van der Waals surface area contributed by atoms with Crippen LogP contribution in [0.1, 0.15) is 10.5 Å². The van der Waals surface area contributed by atoms with Gasteiger partial charge >= 0.3 is 0 Å². The fourth-order valence-corrected chi connectivity index (χ4v) is 2.11. The van der Waals surface area contributed by atoms with Gasteiger partial charge in [0.25, 0.3) is 12.3 Å². The van der Waals surface area contributed by atoms with Crippen LogP contribution in [0.3, 0.4) is 0 Å². The lowest BCUT2D eigenvalue weighted by molar-refractivity contribution is 0.0997. The molecule has 0 saturated carbocycles. The summed E-state index contributed by atoms with van der Waals surface area (Å²) < 4.78 is 26.1. The number of carbonyl (C=O) groups is 1. The number of benzene rings is 1. The summed E-state index contributed by atoms with van der Waals surface area (Å²) in [7, 11) is 0. The van der Waals surface area contributed by atoms with Gasteiger partial charge in [-0.05, 0) is 24.3 Å². The molecular weight excluding hydrogens is 278 g/mol. The number of anilines is 1. The minimum absolute atomic E-state index is 0.163. The number of amides is 1. The molecule has 21 heavy (non-hydrogen) atoms. The summed E-state index contributed by atoms with van der Waals surface area (Å²) in [6, 6.07) is 10.4. The van der Waals surface area contributed by atoms with Crippen LogP contribution in [-0.4, -0.2) is 26.9 Å². The van der Waals surface area contributed by atoms with Crippen molar-refractivity contribution in [3.63, 3.8) is 0 Å². The maximum absolute atomic E-state index is 12.4. The average molecular weight is 290 g/mol. The molecule has 0 spiro atoms. The number of nitrogens with one attached hydrogen (secondary N) is 2. The molecular formula is C14H12F2N4O. The van der Waals surface area contributed by atoms with Gasteiger partial charge in [0.05, 0.1) is 17.6 Å². The molecule has 0 aliphatic carbocycles. The number of hydrogen-bond donors (Lipinski definition) is 2.